The van der Waals surface area contributed by atoms with Crippen molar-refractivity contribution in [2.45, 2.75) is 0 Å². The first kappa shape index (κ1) is 9.46. The van der Waals surface area contributed by atoms with Gasteiger partial charge in [0.2, 0.25) is 5.76 Å². The van der Waals surface area contributed by atoms with Crippen molar-refractivity contribution in [3.63, 3.8) is 0 Å². The Labute approximate surface area is 76.5 Å². The Kier molecular flexibility index (Phi) is 2.80. The van der Waals surface area contributed by atoms with E-state index in [0.29, 0.717) is 0 Å². The fourth-order valence-corrected chi connectivity index (χ4v) is 1.25. The van der Waals surface area contributed by atoms with Crippen molar-refractivity contribution in [2.75, 3.05) is 0 Å². The van der Waals surface area contributed by atoms with Gasteiger partial charge in [-0.25, -0.2) is 9.79 Å². The van der Waals surface area contributed by atoms with Crippen LogP contribution in [0.25, 0.3) is 0 Å². The fraction of sp³-hybridized carbons (Fsp3) is 0. The van der Waals surface area contributed by atoms with Crippen LogP contribution in [0.4, 0.5) is 0 Å². The van der Waals surface area contributed by atoms with Crippen LogP contribution < -0.4 is 5.73 Å². The Balaban J connectivity index is 2.59. The molecule has 0 spiro atoms. The maximum atomic E-state index is 10.2. The highest BCUT2D eigenvalue weighted by atomic mass is 32.2. The summed E-state index contributed by atoms with van der Waals surface area (Å²) >= 11 is 0. The molecule has 1 atom stereocenters. The highest BCUT2D eigenvalue weighted by molar-refractivity contribution is 8.05. The standard InChI is InChI=1S/C6H7N3O3S/c1-4(5(10)11)12-9-13-3-2-8-6(13)7/h2-3H,1H2,(H2,7,8)(H,10,11). The summed E-state index contributed by atoms with van der Waals surface area (Å²) in [6.07, 6.45) is 1.48. The molecule has 6 nitrogen and oxygen atoms in total. The number of hydrogen-bond donors (Lipinski definition) is 2. The zero-order valence-electron chi connectivity index (χ0n) is 6.51. The lowest BCUT2D eigenvalue weighted by Crippen LogP contribution is -2.13. The molecule has 0 aliphatic carbocycles. The van der Waals surface area contributed by atoms with Gasteiger partial charge in [0.15, 0.2) is 5.17 Å². The molecule has 0 saturated carbocycles. The van der Waals surface area contributed by atoms with Gasteiger partial charge in [0, 0.05) is 22.3 Å². The highest BCUT2D eigenvalue weighted by Crippen LogP contribution is 2.03. The quantitative estimate of drug-likeness (QED) is 0.385. The summed E-state index contributed by atoms with van der Waals surface area (Å²) in [5.41, 5.74) is 5.39. The smallest absolute Gasteiger partial charge is 0.374 e. The molecule has 0 bridgehead atoms. The molecule has 1 heterocycles. The van der Waals surface area contributed by atoms with Crippen LogP contribution in [0.15, 0.2) is 33.5 Å². The summed E-state index contributed by atoms with van der Waals surface area (Å²) in [6, 6.07) is 0. The van der Waals surface area contributed by atoms with Crippen LogP contribution in [0.2, 0.25) is 0 Å². The molecule has 70 valence electrons. The number of hydrogen-bond acceptors (Lipinski definition) is 5. The molecular formula is C6H7N3O3S. The van der Waals surface area contributed by atoms with Crippen LogP contribution in [-0.4, -0.2) is 16.2 Å². The molecule has 1 aliphatic rings. The van der Waals surface area contributed by atoms with Crippen LogP contribution in [0.3, 0.4) is 0 Å². The first-order chi connectivity index (χ1) is 6.11. The van der Waals surface area contributed by atoms with Crippen LogP contribution in [0.1, 0.15) is 0 Å². The van der Waals surface area contributed by atoms with Gasteiger partial charge in [0.25, 0.3) is 0 Å². The molecule has 0 radical (unpaired) electrons. The zero-order chi connectivity index (χ0) is 9.84. The lowest BCUT2D eigenvalue weighted by atomic mass is 10.6. The van der Waals surface area contributed by atoms with E-state index in [1.807, 2.05) is 0 Å². The molecule has 1 rings (SSSR count). The molecule has 3 N–H and O–H groups in total. The van der Waals surface area contributed by atoms with Crippen LogP contribution >= 0.6 is 0 Å². The Bertz CT molecular complexity index is 345. The van der Waals surface area contributed by atoms with Crippen molar-refractivity contribution in [1.82, 2.24) is 0 Å². The van der Waals surface area contributed by atoms with E-state index < -0.39 is 22.4 Å². The number of carboxylic acid groups (broad SMARTS) is 1. The maximum Gasteiger partial charge on any atom is 0.374 e. The second-order valence-corrected chi connectivity index (χ2v) is 3.43. The average Bonchev–Trinajstić information content (AvgIpc) is 2.47. The van der Waals surface area contributed by atoms with Gasteiger partial charge in [-0.15, -0.1) is 0 Å². The van der Waals surface area contributed by atoms with Crippen LogP contribution in [0, 0.1) is 0 Å². The molecule has 1 aliphatic heterocycles. The minimum Gasteiger partial charge on any atom is -0.475 e. The molecule has 0 saturated heterocycles. The predicted molar refractivity (Wildman–Crippen MR) is 48.4 cm³/mol. The highest BCUT2D eigenvalue weighted by Gasteiger charge is 2.08. The van der Waals surface area contributed by atoms with Gasteiger partial charge in [0.05, 0.1) is 0 Å². The van der Waals surface area contributed by atoms with E-state index in [1.165, 1.54) is 6.20 Å². The van der Waals surface area contributed by atoms with E-state index in [1.54, 1.807) is 5.41 Å². The molecule has 0 aromatic heterocycles. The summed E-state index contributed by atoms with van der Waals surface area (Å²) in [5.74, 6) is -1.70. The topological polar surface area (TPSA) is 97.3 Å². The largest absolute Gasteiger partial charge is 0.475 e. The zero-order valence-corrected chi connectivity index (χ0v) is 7.32. The SMILES string of the molecule is C=C(ON=S1C=CN=C1N)C(=O)O. The third-order valence-electron chi connectivity index (χ3n) is 1.07. The number of carbonyl (C=O) groups is 1. The van der Waals surface area contributed by atoms with Crippen molar-refractivity contribution in [2.24, 2.45) is 15.3 Å². The molecule has 0 aromatic rings. The molecule has 7 heteroatoms. The van der Waals surface area contributed by atoms with Crippen molar-refractivity contribution >= 4 is 21.8 Å². The third-order valence-corrected chi connectivity index (χ3v) is 2.22. The third kappa shape index (κ3) is 2.41. The number of carboxylic acids is 1. The number of nitrogens with zero attached hydrogens (tertiary/aromatic N) is 2. The van der Waals surface area contributed by atoms with Crippen LogP contribution in [-0.2, 0) is 20.3 Å². The number of amidine groups is 1. The first-order valence-electron chi connectivity index (χ1n) is 3.14. The lowest BCUT2D eigenvalue weighted by Gasteiger charge is -1.97. The summed E-state index contributed by atoms with van der Waals surface area (Å²) in [6.45, 7) is 3.12. The minimum atomic E-state index is -1.26. The summed E-state index contributed by atoms with van der Waals surface area (Å²) in [4.78, 5) is 18.4. The van der Waals surface area contributed by atoms with Gasteiger partial charge in [-0.05, 0) is 11.1 Å². The van der Waals surface area contributed by atoms with E-state index in [2.05, 4.69) is 20.9 Å². The second kappa shape index (κ2) is 3.85. The predicted octanol–water partition coefficient (Wildman–Crippen LogP) is 0.118. The van der Waals surface area contributed by atoms with Gasteiger partial charge in [-0.3, -0.25) is 0 Å². The Morgan fingerprint density at radius 1 is 1.85 bits per heavy atom. The number of nitrogens with two attached hydrogens (primary N) is 1. The van der Waals surface area contributed by atoms with Gasteiger partial charge >= 0.3 is 5.97 Å². The van der Waals surface area contributed by atoms with Crippen molar-refractivity contribution < 1.29 is 14.7 Å². The second-order valence-electron chi connectivity index (χ2n) is 1.96. The molecular weight excluding hydrogens is 194 g/mol. The minimum absolute atomic E-state index is 0.290. The Hall–Kier alpha value is -1.63. The van der Waals surface area contributed by atoms with E-state index >= 15 is 0 Å². The van der Waals surface area contributed by atoms with Crippen LogP contribution in [0.5, 0.6) is 0 Å². The molecule has 0 fully saturated rings. The van der Waals surface area contributed by atoms with E-state index in [9.17, 15) is 4.79 Å². The Morgan fingerprint density at radius 3 is 3.00 bits per heavy atom. The lowest BCUT2D eigenvalue weighted by molar-refractivity contribution is -0.136. The first-order valence-corrected chi connectivity index (χ1v) is 4.39. The molecule has 13 heavy (non-hydrogen) atoms. The molecule has 0 aromatic carbocycles. The molecule has 0 amide bonds. The van der Waals surface area contributed by atoms with Crippen molar-refractivity contribution in [1.29, 1.82) is 0 Å². The summed E-state index contributed by atoms with van der Waals surface area (Å²) in [5, 5.41) is 10.3. The van der Waals surface area contributed by atoms with E-state index in [4.69, 9.17) is 10.8 Å². The van der Waals surface area contributed by atoms with Gasteiger partial charge in [0.1, 0.15) is 0 Å². The number of aliphatic carboxylic acids is 1. The van der Waals surface area contributed by atoms with Crippen molar-refractivity contribution in [3.05, 3.63) is 23.9 Å². The number of aliphatic imine (C=N–C) groups is 1. The maximum absolute atomic E-state index is 10.2. The van der Waals surface area contributed by atoms with Gasteiger partial charge < -0.3 is 15.7 Å². The van der Waals surface area contributed by atoms with E-state index in [0.717, 1.165) is 0 Å². The van der Waals surface area contributed by atoms with Gasteiger partial charge in [-0.2, -0.15) is 0 Å². The average molecular weight is 201 g/mol. The van der Waals surface area contributed by atoms with Gasteiger partial charge in [-0.1, -0.05) is 0 Å². The van der Waals surface area contributed by atoms with E-state index in [-0.39, 0.29) is 5.17 Å². The number of rotatable bonds is 3. The van der Waals surface area contributed by atoms with Crippen molar-refractivity contribution in [3.8, 4) is 0 Å². The summed E-state index contributed by atoms with van der Waals surface area (Å²) in [7, 11) is -0.783. The Morgan fingerprint density at radius 2 is 2.54 bits per heavy atom. The normalized spacial score (nSPS) is 20.0. The fourth-order valence-electron chi connectivity index (χ4n) is 0.472. The molecule has 1 unspecified atom stereocenters. The monoisotopic (exact) mass is 201 g/mol. The summed E-state index contributed by atoms with van der Waals surface area (Å²) < 4.78 is 3.53.